The van der Waals surface area contributed by atoms with Crippen LogP contribution in [0.2, 0.25) is 10.0 Å². The number of hydrogen-bond donors (Lipinski definition) is 3. The Bertz CT molecular complexity index is 1390. The van der Waals surface area contributed by atoms with E-state index < -0.39 is 24.2 Å². The Labute approximate surface area is 242 Å². The lowest BCUT2D eigenvalue weighted by atomic mass is 10.1. The van der Waals surface area contributed by atoms with E-state index in [0.29, 0.717) is 21.5 Å². The minimum atomic E-state index is -1.20. The van der Waals surface area contributed by atoms with Gasteiger partial charge in [-0.1, -0.05) is 35.3 Å². The number of likely N-dealkylation sites (tertiary alicyclic amines) is 1. The molecule has 0 aliphatic carbocycles. The highest BCUT2D eigenvalue weighted by Crippen LogP contribution is 2.31. The van der Waals surface area contributed by atoms with Crippen LogP contribution in [-0.2, 0) is 11.2 Å². The molecule has 1 fully saturated rings. The third-order valence-electron chi connectivity index (χ3n) is 6.08. The summed E-state index contributed by atoms with van der Waals surface area (Å²) in [5.41, 5.74) is 1.36. The van der Waals surface area contributed by atoms with Gasteiger partial charge in [-0.3, -0.25) is 4.79 Å². The quantitative estimate of drug-likeness (QED) is 0.256. The van der Waals surface area contributed by atoms with Gasteiger partial charge in [-0.15, -0.1) is 0 Å². The van der Waals surface area contributed by atoms with Crippen molar-refractivity contribution < 1.29 is 28.6 Å². The fraction of sp³-hybridized carbons (Fsp3) is 0.222. The number of anilines is 2. The molecular weight excluding hydrogens is 616 g/mol. The number of urea groups is 1. The van der Waals surface area contributed by atoms with Gasteiger partial charge < -0.3 is 25.4 Å². The Balaban J connectivity index is 1.38. The predicted molar refractivity (Wildman–Crippen MR) is 151 cm³/mol. The molecule has 3 aromatic rings. The molecule has 3 amide bonds. The third kappa shape index (κ3) is 7.40. The van der Waals surface area contributed by atoms with Crippen LogP contribution in [0.25, 0.3) is 0 Å². The second kappa shape index (κ2) is 12.7. The van der Waals surface area contributed by atoms with Gasteiger partial charge in [-0.25, -0.2) is 14.0 Å². The molecule has 0 radical (unpaired) electrons. The van der Waals surface area contributed by atoms with Crippen molar-refractivity contribution in [3.05, 3.63) is 86.3 Å². The second-order valence-electron chi connectivity index (χ2n) is 8.83. The zero-order chi connectivity index (χ0) is 28.1. The number of halogens is 4. The van der Waals surface area contributed by atoms with E-state index in [0.717, 1.165) is 0 Å². The van der Waals surface area contributed by atoms with Gasteiger partial charge in [-0.2, -0.15) is 0 Å². The van der Waals surface area contributed by atoms with Crippen molar-refractivity contribution in [2.75, 3.05) is 23.8 Å². The van der Waals surface area contributed by atoms with Crippen LogP contribution in [0.4, 0.5) is 20.6 Å². The van der Waals surface area contributed by atoms with Gasteiger partial charge in [0.15, 0.2) is 0 Å². The molecule has 3 N–H and O–H groups in total. The number of carboxylic acids is 1. The lowest BCUT2D eigenvalue weighted by Crippen LogP contribution is -2.40. The first-order valence-corrected chi connectivity index (χ1v) is 13.4. The van der Waals surface area contributed by atoms with Crippen molar-refractivity contribution in [1.29, 1.82) is 0 Å². The third-order valence-corrected chi connectivity index (χ3v) is 7.43. The number of hydrogen-bond acceptors (Lipinski definition) is 4. The average molecular weight is 639 g/mol. The highest BCUT2D eigenvalue weighted by Gasteiger charge is 2.36. The summed E-state index contributed by atoms with van der Waals surface area (Å²) in [5, 5.41) is 14.7. The number of amides is 3. The molecule has 1 aliphatic heterocycles. The molecule has 39 heavy (non-hydrogen) atoms. The number of alkyl halides is 1. The molecule has 12 heteroatoms. The molecule has 1 heterocycles. The van der Waals surface area contributed by atoms with Crippen LogP contribution in [0.15, 0.2) is 65.1 Å². The van der Waals surface area contributed by atoms with Gasteiger partial charge in [0, 0.05) is 15.9 Å². The van der Waals surface area contributed by atoms with Gasteiger partial charge in [0.2, 0.25) is 5.91 Å². The van der Waals surface area contributed by atoms with Crippen molar-refractivity contribution in [2.45, 2.75) is 25.1 Å². The van der Waals surface area contributed by atoms with E-state index in [1.54, 1.807) is 18.2 Å². The summed E-state index contributed by atoms with van der Waals surface area (Å²) < 4.78 is 20.7. The summed E-state index contributed by atoms with van der Waals surface area (Å²) in [5.74, 6) is -0.993. The molecule has 0 saturated carbocycles. The van der Waals surface area contributed by atoms with E-state index in [1.165, 1.54) is 41.3 Å². The maximum Gasteiger partial charge on any atom is 0.335 e. The molecule has 1 saturated heterocycles. The van der Waals surface area contributed by atoms with Crippen LogP contribution in [0, 0.1) is 0 Å². The Hall–Kier alpha value is -3.34. The van der Waals surface area contributed by atoms with Crippen molar-refractivity contribution >= 4 is 68.4 Å². The highest BCUT2D eigenvalue weighted by molar-refractivity contribution is 9.10. The maximum atomic E-state index is 14.3. The van der Waals surface area contributed by atoms with Crippen molar-refractivity contribution in [2.24, 2.45) is 0 Å². The van der Waals surface area contributed by atoms with Crippen LogP contribution in [-0.4, -0.2) is 53.3 Å². The Kier molecular flexibility index (Phi) is 9.32. The van der Waals surface area contributed by atoms with Crippen LogP contribution in [0.3, 0.4) is 0 Å². The van der Waals surface area contributed by atoms with E-state index in [4.69, 9.17) is 33.0 Å². The topological polar surface area (TPSA) is 108 Å². The number of nitrogens with one attached hydrogen (secondary N) is 2. The van der Waals surface area contributed by atoms with Crippen molar-refractivity contribution in [1.82, 2.24) is 4.90 Å². The Morgan fingerprint density at radius 2 is 1.72 bits per heavy atom. The van der Waals surface area contributed by atoms with E-state index in [1.807, 2.05) is 6.07 Å². The molecule has 3 aromatic carbocycles. The molecule has 0 aromatic heterocycles. The smallest absolute Gasteiger partial charge is 0.335 e. The van der Waals surface area contributed by atoms with Gasteiger partial charge in [0.1, 0.15) is 18.5 Å². The van der Waals surface area contributed by atoms with Crippen LogP contribution in [0.5, 0.6) is 5.75 Å². The second-order valence-corrected chi connectivity index (χ2v) is 10.5. The number of para-hydroxylation sites is 1. The predicted octanol–water partition coefficient (Wildman–Crippen LogP) is 6.66. The summed E-state index contributed by atoms with van der Waals surface area (Å²) in [7, 11) is 0. The van der Waals surface area contributed by atoms with Crippen LogP contribution < -0.4 is 15.4 Å². The minimum Gasteiger partial charge on any atom is -0.491 e. The number of nitrogens with zero attached hydrogens (tertiary/aromatic N) is 1. The average Bonchev–Trinajstić information content (AvgIpc) is 3.28. The normalized spacial score (nSPS) is 16.6. The van der Waals surface area contributed by atoms with Crippen LogP contribution in [0.1, 0.15) is 22.3 Å². The van der Waals surface area contributed by atoms with E-state index in [9.17, 15) is 18.8 Å². The van der Waals surface area contributed by atoms with Crippen molar-refractivity contribution in [3.8, 4) is 5.75 Å². The molecule has 8 nitrogen and oxygen atoms in total. The zero-order valence-electron chi connectivity index (χ0n) is 20.3. The first kappa shape index (κ1) is 28.7. The van der Waals surface area contributed by atoms with Gasteiger partial charge >= 0.3 is 12.0 Å². The van der Waals surface area contributed by atoms with Crippen LogP contribution >= 0.6 is 39.1 Å². The minimum absolute atomic E-state index is 0.0442. The summed E-state index contributed by atoms with van der Waals surface area (Å²) in [6.07, 6.45) is -1.22. The molecule has 2 atom stereocenters. The zero-order valence-corrected chi connectivity index (χ0v) is 23.4. The monoisotopic (exact) mass is 637 g/mol. The SMILES string of the molecule is O=C(Nc1cc(Cl)c(CC(=O)N2C[C@@H](F)C[C@H]2COc2ccc(C(=O)O)cc2)cc1Cl)Nc1ccccc1Br. The summed E-state index contributed by atoms with van der Waals surface area (Å²) in [6, 6.07) is 14.8. The number of aromatic carboxylic acids is 1. The molecule has 204 valence electrons. The summed E-state index contributed by atoms with van der Waals surface area (Å²) >= 11 is 16.1. The lowest BCUT2D eigenvalue weighted by Gasteiger charge is -2.25. The fourth-order valence-electron chi connectivity index (χ4n) is 4.13. The number of benzene rings is 3. The number of carboxylic acid groups (broad SMARTS) is 1. The first-order valence-electron chi connectivity index (χ1n) is 11.8. The number of carbonyl (C=O) groups excluding carboxylic acids is 2. The van der Waals surface area contributed by atoms with Gasteiger partial charge in [0.05, 0.1) is 41.0 Å². The van der Waals surface area contributed by atoms with E-state index in [-0.39, 0.29) is 53.2 Å². The molecule has 0 spiro atoms. The van der Waals surface area contributed by atoms with E-state index in [2.05, 4.69) is 26.6 Å². The molecule has 1 aliphatic rings. The van der Waals surface area contributed by atoms with E-state index >= 15 is 0 Å². The fourth-order valence-corrected chi connectivity index (χ4v) is 4.98. The number of carbonyl (C=O) groups is 3. The molecule has 0 unspecified atom stereocenters. The largest absolute Gasteiger partial charge is 0.491 e. The number of ether oxygens (including phenoxy) is 1. The standard InChI is InChI=1S/C27H23BrCl2FN3O5/c28-20-3-1-2-4-23(20)32-27(38)33-24-12-21(29)16(9-22(24)30)10-25(35)34-13-17(31)11-18(34)14-39-19-7-5-15(6-8-19)26(36)37/h1-9,12,17-18H,10-11,13-14H2,(H,36,37)(H2,32,33,38)/t17-,18-/m0/s1. The Morgan fingerprint density at radius 1 is 1.03 bits per heavy atom. The molecular formula is C27H23BrCl2FN3O5. The molecule has 0 bridgehead atoms. The highest BCUT2D eigenvalue weighted by atomic mass is 79.9. The Morgan fingerprint density at radius 3 is 2.41 bits per heavy atom. The number of rotatable bonds is 8. The maximum absolute atomic E-state index is 14.3. The lowest BCUT2D eigenvalue weighted by molar-refractivity contribution is -0.132. The summed E-state index contributed by atoms with van der Waals surface area (Å²) in [6.45, 7) is -0.0341. The van der Waals surface area contributed by atoms with Gasteiger partial charge in [0.25, 0.3) is 0 Å². The van der Waals surface area contributed by atoms with Gasteiger partial charge in [-0.05, 0) is 70.0 Å². The molecule has 4 rings (SSSR count). The first-order chi connectivity index (χ1) is 18.6. The summed E-state index contributed by atoms with van der Waals surface area (Å²) in [4.78, 5) is 38.0. The van der Waals surface area contributed by atoms with Crippen molar-refractivity contribution in [3.63, 3.8) is 0 Å².